The molecule has 112 valence electrons. The first-order valence-corrected chi connectivity index (χ1v) is 7.22. The fourth-order valence-electron chi connectivity index (χ4n) is 2.19. The van der Waals surface area contributed by atoms with Gasteiger partial charge < -0.3 is 5.32 Å². The second-order valence-electron chi connectivity index (χ2n) is 4.92. The van der Waals surface area contributed by atoms with Crippen LogP contribution in [0.1, 0.15) is 24.4 Å². The second kappa shape index (κ2) is 6.11. The molecule has 0 saturated carbocycles. The van der Waals surface area contributed by atoms with Gasteiger partial charge in [0.1, 0.15) is 29.5 Å². The van der Waals surface area contributed by atoms with Gasteiger partial charge in [-0.25, -0.2) is 19.6 Å². The molecule has 1 atom stereocenters. The fraction of sp³-hybridized carbons (Fsp3) is 0.200. The average molecular weight is 315 g/mol. The summed E-state index contributed by atoms with van der Waals surface area (Å²) in [4.78, 5) is 12.4. The van der Waals surface area contributed by atoms with Gasteiger partial charge >= 0.3 is 0 Å². The van der Waals surface area contributed by atoms with Crippen LogP contribution < -0.4 is 5.32 Å². The van der Waals surface area contributed by atoms with Crippen LogP contribution in [0.5, 0.6) is 0 Å². The third kappa shape index (κ3) is 3.23. The lowest BCUT2D eigenvalue weighted by Crippen LogP contribution is -2.09. The Morgan fingerprint density at radius 2 is 2.09 bits per heavy atom. The first-order valence-electron chi connectivity index (χ1n) is 6.84. The fourth-order valence-corrected chi connectivity index (χ4v) is 2.41. The molecule has 7 heteroatoms. The van der Waals surface area contributed by atoms with E-state index in [9.17, 15) is 0 Å². The minimum Gasteiger partial charge on any atom is -0.363 e. The Morgan fingerprint density at radius 1 is 1.23 bits per heavy atom. The first kappa shape index (κ1) is 14.5. The molecule has 6 nitrogen and oxygen atoms in total. The van der Waals surface area contributed by atoms with Crippen molar-refractivity contribution >= 4 is 17.4 Å². The summed E-state index contributed by atoms with van der Waals surface area (Å²) >= 11 is 5.96. The zero-order valence-corrected chi connectivity index (χ0v) is 13.0. The summed E-state index contributed by atoms with van der Waals surface area (Å²) < 4.78 is 1.72. The zero-order chi connectivity index (χ0) is 15.5. The van der Waals surface area contributed by atoms with Gasteiger partial charge in [0, 0.05) is 6.07 Å². The van der Waals surface area contributed by atoms with Gasteiger partial charge in [-0.3, -0.25) is 0 Å². The lowest BCUT2D eigenvalue weighted by molar-refractivity contribution is 0.846. The normalized spacial score (nSPS) is 12.1. The molecule has 0 bridgehead atoms. The smallest absolute Gasteiger partial charge is 0.138 e. The van der Waals surface area contributed by atoms with Gasteiger partial charge in [-0.1, -0.05) is 23.7 Å². The number of halogens is 1. The molecule has 3 aromatic rings. The van der Waals surface area contributed by atoms with E-state index in [-0.39, 0.29) is 6.04 Å². The molecule has 3 rings (SSSR count). The summed E-state index contributed by atoms with van der Waals surface area (Å²) in [6, 6.07) is 9.86. The molecule has 1 aromatic carbocycles. The summed E-state index contributed by atoms with van der Waals surface area (Å²) in [6.07, 6.45) is 3.19. The predicted molar refractivity (Wildman–Crippen MR) is 85.2 cm³/mol. The van der Waals surface area contributed by atoms with Gasteiger partial charge in [0.05, 0.1) is 11.7 Å². The molecule has 0 aliphatic heterocycles. The highest BCUT2D eigenvalue weighted by atomic mass is 35.5. The molecule has 2 aromatic heterocycles. The number of nitrogens with zero attached hydrogens (tertiary/aromatic N) is 5. The molecule has 0 aliphatic carbocycles. The summed E-state index contributed by atoms with van der Waals surface area (Å²) in [7, 11) is 0. The summed E-state index contributed by atoms with van der Waals surface area (Å²) in [5.74, 6) is 1.34. The summed E-state index contributed by atoms with van der Waals surface area (Å²) in [5.41, 5.74) is 2.07. The number of nitrogens with one attached hydrogen (secondary N) is 1. The Morgan fingerprint density at radius 3 is 2.82 bits per heavy atom. The third-order valence-electron chi connectivity index (χ3n) is 3.22. The maximum atomic E-state index is 5.96. The van der Waals surface area contributed by atoms with E-state index in [4.69, 9.17) is 11.6 Å². The topological polar surface area (TPSA) is 68.5 Å². The molecule has 0 spiro atoms. The van der Waals surface area contributed by atoms with E-state index in [2.05, 4.69) is 38.4 Å². The van der Waals surface area contributed by atoms with Crippen LogP contribution >= 0.6 is 11.6 Å². The highest BCUT2D eigenvalue weighted by Gasteiger charge is 2.09. The quantitative estimate of drug-likeness (QED) is 0.749. The average Bonchev–Trinajstić information content (AvgIpc) is 3.00. The highest BCUT2D eigenvalue weighted by Crippen LogP contribution is 2.21. The molecular weight excluding hydrogens is 300 g/mol. The van der Waals surface area contributed by atoms with Crippen LogP contribution in [-0.4, -0.2) is 24.7 Å². The van der Waals surface area contributed by atoms with Gasteiger partial charge in [-0.2, -0.15) is 5.10 Å². The number of benzene rings is 1. The number of aryl methyl sites for hydroxylation is 1. The van der Waals surface area contributed by atoms with Crippen molar-refractivity contribution in [1.82, 2.24) is 24.7 Å². The van der Waals surface area contributed by atoms with Gasteiger partial charge in [0.15, 0.2) is 0 Å². The zero-order valence-electron chi connectivity index (χ0n) is 12.2. The van der Waals surface area contributed by atoms with E-state index in [0.717, 1.165) is 11.3 Å². The Balaban J connectivity index is 1.83. The molecule has 0 unspecified atom stereocenters. The van der Waals surface area contributed by atoms with Crippen molar-refractivity contribution in [2.45, 2.75) is 19.9 Å². The maximum Gasteiger partial charge on any atom is 0.138 e. The molecule has 0 saturated heterocycles. The van der Waals surface area contributed by atoms with Crippen LogP contribution in [0.3, 0.4) is 0 Å². The minimum atomic E-state index is 0.0637. The third-order valence-corrected chi connectivity index (χ3v) is 3.42. The predicted octanol–water partition coefficient (Wildman–Crippen LogP) is 3.19. The van der Waals surface area contributed by atoms with E-state index >= 15 is 0 Å². The summed E-state index contributed by atoms with van der Waals surface area (Å²) in [5, 5.41) is 7.90. The second-order valence-corrected chi connectivity index (χ2v) is 5.31. The van der Waals surface area contributed by atoms with E-state index in [0.29, 0.717) is 16.8 Å². The standard InChI is InChI=1S/C15H15ClN6/c1-10(19-15-7-14(16)20-11(2)21-15)12-4-3-5-13(6-12)22-9-17-8-18-22/h3-10H,1-2H3,(H,19,20,21)/t10-/m0/s1. The highest BCUT2D eigenvalue weighted by molar-refractivity contribution is 6.29. The lowest BCUT2D eigenvalue weighted by Gasteiger charge is -2.16. The Hall–Kier alpha value is -2.47. The van der Waals surface area contributed by atoms with Crippen molar-refractivity contribution in [3.63, 3.8) is 0 Å². The molecular formula is C15H15ClN6. The van der Waals surface area contributed by atoms with Crippen LogP contribution in [0, 0.1) is 6.92 Å². The molecule has 0 radical (unpaired) electrons. The number of hydrogen-bond donors (Lipinski definition) is 1. The van der Waals surface area contributed by atoms with Crippen LogP contribution in [-0.2, 0) is 0 Å². The largest absolute Gasteiger partial charge is 0.363 e. The summed E-state index contributed by atoms with van der Waals surface area (Å²) in [6.45, 7) is 3.87. The maximum absolute atomic E-state index is 5.96. The van der Waals surface area contributed by atoms with E-state index in [1.165, 1.54) is 6.33 Å². The molecule has 1 N–H and O–H groups in total. The van der Waals surface area contributed by atoms with Gasteiger partial charge in [0.2, 0.25) is 0 Å². The molecule has 0 amide bonds. The number of anilines is 1. The van der Waals surface area contributed by atoms with Crippen LogP contribution in [0.2, 0.25) is 5.15 Å². The SMILES string of the molecule is Cc1nc(Cl)cc(N[C@@H](C)c2cccc(-n3cncn3)c2)n1. The van der Waals surface area contributed by atoms with E-state index < -0.39 is 0 Å². The Kier molecular flexibility index (Phi) is 4.02. The van der Waals surface area contributed by atoms with E-state index in [1.807, 2.05) is 25.1 Å². The van der Waals surface area contributed by atoms with Crippen LogP contribution in [0.15, 0.2) is 43.0 Å². The van der Waals surface area contributed by atoms with Crippen molar-refractivity contribution in [3.8, 4) is 5.69 Å². The Bertz CT molecular complexity index is 751. The molecule has 0 aliphatic rings. The number of rotatable bonds is 4. The number of aromatic nitrogens is 5. The van der Waals surface area contributed by atoms with Crippen molar-refractivity contribution in [3.05, 3.63) is 59.5 Å². The Labute approximate surface area is 133 Å². The van der Waals surface area contributed by atoms with Crippen LogP contribution in [0.25, 0.3) is 5.69 Å². The van der Waals surface area contributed by atoms with Crippen molar-refractivity contribution < 1.29 is 0 Å². The van der Waals surface area contributed by atoms with E-state index in [1.54, 1.807) is 17.1 Å². The number of hydrogen-bond acceptors (Lipinski definition) is 5. The van der Waals surface area contributed by atoms with Gasteiger partial charge in [-0.05, 0) is 31.5 Å². The van der Waals surface area contributed by atoms with Crippen molar-refractivity contribution in [2.75, 3.05) is 5.32 Å². The van der Waals surface area contributed by atoms with Crippen molar-refractivity contribution in [1.29, 1.82) is 0 Å². The monoisotopic (exact) mass is 314 g/mol. The molecule has 2 heterocycles. The molecule has 0 fully saturated rings. The van der Waals surface area contributed by atoms with Gasteiger partial charge in [-0.15, -0.1) is 0 Å². The van der Waals surface area contributed by atoms with Crippen LogP contribution in [0.4, 0.5) is 5.82 Å². The van der Waals surface area contributed by atoms with Crippen molar-refractivity contribution in [2.24, 2.45) is 0 Å². The van der Waals surface area contributed by atoms with Gasteiger partial charge in [0.25, 0.3) is 0 Å². The first-order chi connectivity index (χ1) is 10.6. The lowest BCUT2D eigenvalue weighted by atomic mass is 10.1. The molecule has 22 heavy (non-hydrogen) atoms. The minimum absolute atomic E-state index is 0.0637.